The van der Waals surface area contributed by atoms with Crippen LogP contribution in [0.5, 0.6) is 5.75 Å². The normalized spacial score (nSPS) is 18.0. The molecule has 0 aliphatic carbocycles. The molecule has 1 fully saturated rings. The number of hydrogen-bond donors (Lipinski definition) is 2. The van der Waals surface area contributed by atoms with Crippen LogP contribution >= 0.6 is 0 Å². The highest BCUT2D eigenvalue weighted by Gasteiger charge is 2.49. The number of nitrogens with one attached hydrogen (secondary N) is 2. The molecule has 0 aromatic heterocycles. The van der Waals surface area contributed by atoms with Crippen LogP contribution in [0.2, 0.25) is 0 Å². The van der Waals surface area contributed by atoms with Crippen LogP contribution in [0, 0.1) is 18.3 Å². The Morgan fingerprint density at radius 3 is 2.73 bits per heavy atom. The maximum absolute atomic E-state index is 12.9. The van der Waals surface area contributed by atoms with Crippen LogP contribution < -0.4 is 15.4 Å². The molecule has 1 saturated heterocycles. The van der Waals surface area contributed by atoms with Gasteiger partial charge in [0.05, 0.1) is 18.2 Å². The molecule has 154 valence electrons. The van der Waals surface area contributed by atoms with E-state index in [1.807, 2.05) is 37.3 Å². The molecule has 2 aromatic carbocycles. The number of nitriles is 1. The fraction of sp³-hybridized carbons (Fsp3) is 0.273. The van der Waals surface area contributed by atoms with Crippen LogP contribution in [0.3, 0.4) is 0 Å². The van der Waals surface area contributed by atoms with Gasteiger partial charge in [-0.15, -0.1) is 0 Å². The van der Waals surface area contributed by atoms with Crippen LogP contribution in [0.25, 0.3) is 0 Å². The first-order valence-electron chi connectivity index (χ1n) is 9.44. The number of ether oxygens (including phenoxy) is 1. The van der Waals surface area contributed by atoms with Gasteiger partial charge in [0.15, 0.2) is 0 Å². The van der Waals surface area contributed by atoms with Crippen molar-refractivity contribution in [3.63, 3.8) is 0 Å². The van der Waals surface area contributed by atoms with Crippen molar-refractivity contribution in [2.75, 3.05) is 19.7 Å². The number of amides is 4. The van der Waals surface area contributed by atoms with Gasteiger partial charge in [-0.05, 0) is 49.2 Å². The van der Waals surface area contributed by atoms with Gasteiger partial charge in [-0.2, -0.15) is 5.26 Å². The molecule has 1 atom stereocenters. The Hall–Kier alpha value is -3.86. The molecular weight excluding hydrogens is 384 g/mol. The number of nitrogens with zero attached hydrogens (tertiary/aromatic N) is 2. The summed E-state index contributed by atoms with van der Waals surface area (Å²) in [6.45, 7) is 3.60. The molecule has 3 rings (SSSR count). The minimum atomic E-state index is -1.33. The van der Waals surface area contributed by atoms with Crippen molar-refractivity contribution in [3.8, 4) is 11.8 Å². The molecule has 1 aliphatic heterocycles. The summed E-state index contributed by atoms with van der Waals surface area (Å²) in [5.74, 6) is -0.316. The van der Waals surface area contributed by atoms with E-state index in [0.717, 1.165) is 10.5 Å². The van der Waals surface area contributed by atoms with Gasteiger partial charge in [-0.3, -0.25) is 14.5 Å². The average Bonchev–Trinajstić information content (AvgIpc) is 2.95. The first-order valence-corrected chi connectivity index (χ1v) is 9.44. The third kappa shape index (κ3) is 4.41. The van der Waals surface area contributed by atoms with Gasteiger partial charge >= 0.3 is 6.03 Å². The number of rotatable bonds is 7. The van der Waals surface area contributed by atoms with E-state index in [9.17, 15) is 14.4 Å². The lowest BCUT2D eigenvalue weighted by atomic mass is 9.91. The lowest BCUT2D eigenvalue weighted by molar-refractivity contribution is -0.134. The van der Waals surface area contributed by atoms with Crippen molar-refractivity contribution in [2.24, 2.45) is 0 Å². The molecule has 2 aromatic rings. The van der Waals surface area contributed by atoms with E-state index in [-0.39, 0.29) is 13.2 Å². The quantitative estimate of drug-likeness (QED) is 0.538. The van der Waals surface area contributed by atoms with E-state index in [1.54, 1.807) is 31.2 Å². The third-order valence-electron chi connectivity index (χ3n) is 4.83. The fourth-order valence-electron chi connectivity index (χ4n) is 3.20. The molecule has 0 spiro atoms. The summed E-state index contributed by atoms with van der Waals surface area (Å²) in [6, 6.07) is 15.3. The maximum Gasteiger partial charge on any atom is 0.325 e. The third-order valence-corrected chi connectivity index (χ3v) is 4.83. The average molecular weight is 406 g/mol. The minimum Gasteiger partial charge on any atom is -0.492 e. The van der Waals surface area contributed by atoms with E-state index >= 15 is 0 Å². The Kier molecular flexibility index (Phi) is 6.02. The van der Waals surface area contributed by atoms with Crippen molar-refractivity contribution in [1.82, 2.24) is 15.5 Å². The largest absolute Gasteiger partial charge is 0.492 e. The highest BCUT2D eigenvalue weighted by Crippen LogP contribution is 2.29. The molecular formula is C22H22N4O4. The van der Waals surface area contributed by atoms with E-state index in [1.165, 1.54) is 0 Å². The summed E-state index contributed by atoms with van der Waals surface area (Å²) < 4.78 is 5.56. The number of carbonyl (C=O) groups excluding carboxylic acids is 3. The van der Waals surface area contributed by atoms with Gasteiger partial charge in [0.2, 0.25) is 5.91 Å². The van der Waals surface area contributed by atoms with Crippen LogP contribution in [-0.4, -0.2) is 42.4 Å². The molecule has 0 radical (unpaired) electrons. The summed E-state index contributed by atoms with van der Waals surface area (Å²) in [7, 11) is 0. The van der Waals surface area contributed by atoms with Crippen molar-refractivity contribution in [3.05, 3.63) is 65.2 Å². The summed E-state index contributed by atoms with van der Waals surface area (Å²) >= 11 is 0. The summed E-state index contributed by atoms with van der Waals surface area (Å²) in [4.78, 5) is 38.3. The monoisotopic (exact) mass is 406 g/mol. The smallest absolute Gasteiger partial charge is 0.325 e. The fourth-order valence-corrected chi connectivity index (χ4v) is 3.20. The number of aryl methyl sites for hydroxylation is 1. The zero-order valence-electron chi connectivity index (χ0n) is 16.8. The maximum atomic E-state index is 12.9. The molecule has 1 unspecified atom stereocenters. The number of urea groups is 1. The predicted octanol–water partition coefficient (Wildman–Crippen LogP) is 1.83. The van der Waals surface area contributed by atoms with Gasteiger partial charge in [0, 0.05) is 0 Å². The van der Waals surface area contributed by atoms with E-state index in [4.69, 9.17) is 10.00 Å². The minimum absolute atomic E-state index is 0.234. The second-order valence-electron chi connectivity index (χ2n) is 7.15. The number of carbonyl (C=O) groups is 3. The Balaban J connectivity index is 1.56. The first kappa shape index (κ1) is 20.9. The zero-order valence-corrected chi connectivity index (χ0v) is 16.8. The second-order valence-corrected chi connectivity index (χ2v) is 7.15. The lowest BCUT2D eigenvalue weighted by Crippen LogP contribution is -2.43. The molecule has 0 bridgehead atoms. The number of imide groups is 1. The van der Waals surface area contributed by atoms with Crippen LogP contribution in [0.1, 0.15) is 23.6 Å². The van der Waals surface area contributed by atoms with Gasteiger partial charge in [0.25, 0.3) is 5.91 Å². The Labute approximate surface area is 174 Å². The van der Waals surface area contributed by atoms with E-state index in [0.29, 0.717) is 16.9 Å². The van der Waals surface area contributed by atoms with Gasteiger partial charge in [0.1, 0.15) is 24.4 Å². The standard InChI is InChI=1S/C22H22N4O4/c1-15-5-3-8-18(11-15)30-10-9-24-19(27)14-26-20(28)22(2,25-21(26)29)17-7-4-6-16(12-17)13-23/h3-8,11-12H,9-10,14H2,1-2H3,(H,24,27)(H,25,29). The molecule has 30 heavy (non-hydrogen) atoms. The van der Waals surface area contributed by atoms with Crippen LogP contribution in [0.4, 0.5) is 4.79 Å². The summed E-state index contributed by atoms with van der Waals surface area (Å²) in [5, 5.41) is 14.3. The summed E-state index contributed by atoms with van der Waals surface area (Å²) in [5.41, 5.74) is 0.590. The van der Waals surface area contributed by atoms with Crippen molar-refractivity contribution in [1.29, 1.82) is 5.26 Å². The van der Waals surface area contributed by atoms with Crippen LogP contribution in [-0.2, 0) is 15.1 Å². The molecule has 0 saturated carbocycles. The van der Waals surface area contributed by atoms with E-state index in [2.05, 4.69) is 10.6 Å². The topological polar surface area (TPSA) is 112 Å². The zero-order chi connectivity index (χ0) is 21.7. The molecule has 4 amide bonds. The van der Waals surface area contributed by atoms with Crippen molar-refractivity contribution >= 4 is 17.8 Å². The predicted molar refractivity (Wildman–Crippen MR) is 108 cm³/mol. The molecule has 8 nitrogen and oxygen atoms in total. The SMILES string of the molecule is Cc1cccc(OCCNC(=O)CN2C(=O)NC(C)(c3cccc(C#N)c3)C2=O)c1. The number of hydrogen-bond acceptors (Lipinski definition) is 5. The number of benzene rings is 2. The Bertz CT molecular complexity index is 1030. The summed E-state index contributed by atoms with van der Waals surface area (Å²) in [6.07, 6.45) is 0. The highest BCUT2D eigenvalue weighted by atomic mass is 16.5. The Morgan fingerprint density at radius 1 is 1.23 bits per heavy atom. The van der Waals surface area contributed by atoms with Crippen molar-refractivity contribution < 1.29 is 19.1 Å². The molecule has 1 heterocycles. The molecule has 8 heteroatoms. The van der Waals surface area contributed by atoms with Gasteiger partial charge < -0.3 is 15.4 Å². The van der Waals surface area contributed by atoms with Gasteiger partial charge in [-0.1, -0.05) is 24.3 Å². The van der Waals surface area contributed by atoms with E-state index < -0.39 is 29.9 Å². The van der Waals surface area contributed by atoms with Crippen LogP contribution in [0.15, 0.2) is 48.5 Å². The first-order chi connectivity index (χ1) is 14.3. The highest BCUT2D eigenvalue weighted by molar-refractivity contribution is 6.09. The van der Waals surface area contributed by atoms with Crippen molar-refractivity contribution in [2.45, 2.75) is 19.4 Å². The molecule has 1 aliphatic rings. The Morgan fingerprint density at radius 2 is 2.00 bits per heavy atom. The second kappa shape index (κ2) is 8.66. The molecule has 2 N–H and O–H groups in total. The lowest BCUT2D eigenvalue weighted by Gasteiger charge is -2.22. The van der Waals surface area contributed by atoms with Gasteiger partial charge in [-0.25, -0.2) is 4.79 Å².